The van der Waals surface area contributed by atoms with Gasteiger partial charge in [0.2, 0.25) is 0 Å². The molecule has 0 unspecified atom stereocenters. The quantitative estimate of drug-likeness (QED) is 0.507. The standard InChI is InChI=1S/C8H8/c1-4-7-8(5-2)6-3/h1-8H. The Kier molecular flexibility index (Phi) is 5.14. The van der Waals surface area contributed by atoms with Crippen molar-refractivity contribution in [1.29, 1.82) is 0 Å². The highest BCUT2D eigenvalue weighted by molar-refractivity contribution is 5.05. The molecule has 40 valence electrons. The SMILES string of the molecule is [CH][CH][CH]C([CH][CH])[CH][CH]. The van der Waals surface area contributed by atoms with Gasteiger partial charge in [0.05, 0.1) is 0 Å². The third kappa shape index (κ3) is 3.06. The molecule has 0 aromatic carbocycles. The molecule has 0 heteroatoms. The summed E-state index contributed by atoms with van der Waals surface area (Å²) in [6.07, 6.45) is 6.03. The van der Waals surface area contributed by atoms with E-state index in [1.165, 1.54) is 19.3 Å². The second-order valence-electron chi connectivity index (χ2n) is 1.35. The summed E-state index contributed by atoms with van der Waals surface area (Å²) in [4.78, 5) is 0. The molecule has 0 heterocycles. The molecule has 0 saturated heterocycles. The van der Waals surface area contributed by atoms with Crippen molar-refractivity contribution >= 4 is 0 Å². The summed E-state index contributed by atoms with van der Waals surface area (Å²) in [7, 11) is 0. The molecule has 10 radical (unpaired) electrons. The van der Waals surface area contributed by atoms with Gasteiger partial charge in [0.1, 0.15) is 0 Å². The molecule has 0 nitrogen and oxygen atoms in total. The Balaban J connectivity index is 3.07. The lowest BCUT2D eigenvalue weighted by Crippen LogP contribution is -1.98. The van der Waals surface area contributed by atoms with Gasteiger partial charge in [0, 0.05) is 0 Å². The van der Waals surface area contributed by atoms with Gasteiger partial charge in [0.25, 0.3) is 0 Å². The summed E-state index contributed by atoms with van der Waals surface area (Å²) >= 11 is 0. The van der Waals surface area contributed by atoms with Gasteiger partial charge >= 0.3 is 0 Å². The summed E-state index contributed by atoms with van der Waals surface area (Å²) in [6, 6.07) is 0. The predicted octanol–water partition coefficient (Wildman–Crippen LogP) is 1.55. The fourth-order valence-electron chi connectivity index (χ4n) is 0.321. The summed E-state index contributed by atoms with van der Waals surface area (Å²) in [5.74, 6) is -0.000000000000000222. The van der Waals surface area contributed by atoms with Crippen LogP contribution in [-0.2, 0) is 0 Å². The molecule has 0 bridgehead atoms. The lowest BCUT2D eigenvalue weighted by atomic mass is 9.98. The molecule has 0 amide bonds. The topological polar surface area (TPSA) is 0 Å². The Hall–Kier alpha value is 0. The van der Waals surface area contributed by atoms with E-state index in [0.29, 0.717) is 0 Å². The van der Waals surface area contributed by atoms with Crippen LogP contribution in [-0.4, -0.2) is 0 Å². The molecule has 0 aromatic heterocycles. The smallest absolute Gasteiger partial charge is 0.0312 e. The molecule has 0 spiro atoms. The van der Waals surface area contributed by atoms with Crippen LogP contribution in [0.4, 0.5) is 0 Å². The zero-order valence-corrected chi connectivity index (χ0v) is 4.62. The van der Waals surface area contributed by atoms with Gasteiger partial charge in [-0.05, 0) is 52.4 Å². The van der Waals surface area contributed by atoms with Gasteiger partial charge in [-0.25, -0.2) is 0 Å². The Morgan fingerprint density at radius 1 is 1.00 bits per heavy atom. The number of rotatable bonds is 4. The zero-order valence-electron chi connectivity index (χ0n) is 4.62. The van der Waals surface area contributed by atoms with Crippen molar-refractivity contribution in [3.63, 3.8) is 0 Å². The van der Waals surface area contributed by atoms with Crippen LogP contribution in [0.2, 0.25) is 0 Å². The molecule has 0 fully saturated rings. The third-order valence-corrected chi connectivity index (χ3v) is 0.778. The highest BCUT2D eigenvalue weighted by Gasteiger charge is 2.00. The maximum Gasteiger partial charge on any atom is -0.0312 e. The fraction of sp³-hybridized carbons (Fsp3) is 0.125. The van der Waals surface area contributed by atoms with Crippen molar-refractivity contribution in [1.82, 2.24) is 0 Å². The largest absolute Gasteiger partial charge is 0.0312 e. The minimum Gasteiger partial charge on any atom is -0.0312 e. The molecule has 0 aromatic rings. The second-order valence-corrected chi connectivity index (χ2v) is 1.35. The lowest BCUT2D eigenvalue weighted by Gasteiger charge is -2.06. The molecule has 0 atom stereocenters. The van der Waals surface area contributed by atoms with Crippen LogP contribution in [0.15, 0.2) is 0 Å². The first-order valence-electron chi connectivity index (χ1n) is 2.33. The van der Waals surface area contributed by atoms with E-state index in [1.54, 1.807) is 6.42 Å². The molecular formula is C8H8. The highest BCUT2D eigenvalue weighted by atomic mass is 14.0. The van der Waals surface area contributed by atoms with E-state index < -0.39 is 0 Å². The fourth-order valence-corrected chi connectivity index (χ4v) is 0.321. The van der Waals surface area contributed by atoms with Gasteiger partial charge in [0.15, 0.2) is 0 Å². The summed E-state index contributed by atoms with van der Waals surface area (Å²) in [6.45, 7) is 15.3. The Morgan fingerprint density at radius 3 is 1.62 bits per heavy atom. The summed E-state index contributed by atoms with van der Waals surface area (Å²) < 4.78 is 0. The van der Waals surface area contributed by atoms with E-state index in [-0.39, 0.29) is 5.92 Å². The minimum absolute atomic E-state index is 0.000000000000000222. The van der Waals surface area contributed by atoms with Crippen LogP contribution >= 0.6 is 0 Å². The van der Waals surface area contributed by atoms with Crippen LogP contribution in [0.3, 0.4) is 0 Å². The molecule has 0 aliphatic carbocycles. The predicted molar refractivity (Wildman–Crippen MR) is 33.6 cm³/mol. The average molecular weight is 104 g/mol. The van der Waals surface area contributed by atoms with E-state index in [9.17, 15) is 0 Å². The third-order valence-electron chi connectivity index (χ3n) is 0.778. The number of hydrogen-bond donors (Lipinski definition) is 0. The monoisotopic (exact) mass is 104 g/mol. The van der Waals surface area contributed by atoms with Crippen LogP contribution in [0.1, 0.15) is 0 Å². The van der Waals surface area contributed by atoms with E-state index in [1.807, 2.05) is 0 Å². The van der Waals surface area contributed by atoms with Crippen LogP contribution in [0, 0.1) is 52.4 Å². The maximum atomic E-state index is 5.13. The van der Waals surface area contributed by atoms with E-state index in [2.05, 4.69) is 0 Å². The van der Waals surface area contributed by atoms with Crippen LogP contribution < -0.4 is 0 Å². The molecule has 8 heavy (non-hydrogen) atoms. The maximum absolute atomic E-state index is 5.13. The summed E-state index contributed by atoms with van der Waals surface area (Å²) in [5.41, 5.74) is 0. The van der Waals surface area contributed by atoms with Gasteiger partial charge in [-0.3, -0.25) is 0 Å². The van der Waals surface area contributed by atoms with Crippen molar-refractivity contribution in [2.45, 2.75) is 0 Å². The average Bonchev–Trinajstić information content (AvgIpc) is 1.83. The Bertz CT molecular complexity index is 35.3. The first-order valence-corrected chi connectivity index (χ1v) is 2.33. The molecule has 0 saturated carbocycles. The van der Waals surface area contributed by atoms with Gasteiger partial charge in [-0.15, -0.1) is 0 Å². The van der Waals surface area contributed by atoms with E-state index in [0.717, 1.165) is 0 Å². The first-order chi connectivity index (χ1) is 3.85. The molecule has 0 aliphatic heterocycles. The van der Waals surface area contributed by atoms with Crippen LogP contribution in [0.5, 0.6) is 0 Å². The van der Waals surface area contributed by atoms with Crippen molar-refractivity contribution in [3.05, 3.63) is 46.5 Å². The van der Waals surface area contributed by atoms with Gasteiger partial charge in [-0.2, -0.15) is 0 Å². The van der Waals surface area contributed by atoms with Crippen molar-refractivity contribution < 1.29 is 0 Å². The van der Waals surface area contributed by atoms with E-state index in [4.69, 9.17) is 20.8 Å². The normalized spacial score (nSPS) is 10.5. The number of hydrogen-bond acceptors (Lipinski definition) is 0. The van der Waals surface area contributed by atoms with Gasteiger partial charge in [-0.1, -0.05) is 0 Å². The van der Waals surface area contributed by atoms with Crippen molar-refractivity contribution in [3.8, 4) is 0 Å². The molecule has 0 rings (SSSR count). The molecular weight excluding hydrogens is 96.1 g/mol. The first kappa shape index (κ1) is 8.00. The zero-order chi connectivity index (χ0) is 6.41. The van der Waals surface area contributed by atoms with Crippen molar-refractivity contribution in [2.75, 3.05) is 0 Å². The van der Waals surface area contributed by atoms with Crippen molar-refractivity contribution in [2.24, 2.45) is 5.92 Å². The lowest BCUT2D eigenvalue weighted by molar-refractivity contribution is 0.871. The highest BCUT2D eigenvalue weighted by Crippen LogP contribution is 2.09. The van der Waals surface area contributed by atoms with E-state index >= 15 is 0 Å². The second kappa shape index (κ2) is 5.14. The molecule has 0 aliphatic rings. The Labute approximate surface area is 53.3 Å². The minimum atomic E-state index is -0.000000000000000222. The Morgan fingerprint density at radius 2 is 1.50 bits per heavy atom. The summed E-state index contributed by atoms with van der Waals surface area (Å²) in [5, 5.41) is 0. The van der Waals surface area contributed by atoms with Crippen LogP contribution in [0.25, 0.3) is 0 Å². The molecule has 0 N–H and O–H groups in total. The van der Waals surface area contributed by atoms with Gasteiger partial charge < -0.3 is 0 Å².